The van der Waals surface area contributed by atoms with Crippen molar-refractivity contribution < 1.29 is 13.0 Å². The largest absolute Gasteiger partial charge is 0.301 e. The maximum Gasteiger partial charge on any atom is 0.301 e. The molecule has 0 saturated heterocycles. The molecule has 0 unspecified atom stereocenters. The van der Waals surface area contributed by atoms with Crippen molar-refractivity contribution in [2.24, 2.45) is 10.2 Å². The highest BCUT2D eigenvalue weighted by atomic mass is 32.2. The zero-order valence-electron chi connectivity index (χ0n) is 21.0. The Bertz CT molecular complexity index is 1770. The number of hydrogen-bond acceptors (Lipinski definition) is 7. The van der Waals surface area contributed by atoms with E-state index in [1.54, 1.807) is 0 Å². The zero-order chi connectivity index (χ0) is 27.4. The van der Waals surface area contributed by atoms with E-state index < -0.39 is 15.7 Å². The molecule has 0 atom stereocenters. The Morgan fingerprint density at radius 2 is 1.67 bits per heavy atom. The summed E-state index contributed by atoms with van der Waals surface area (Å²) in [6, 6.07) is 22.8. The first-order chi connectivity index (χ1) is 18.8. The first kappa shape index (κ1) is 26.4. The molecule has 2 heterocycles. The second-order valence-electron chi connectivity index (χ2n) is 8.83. The van der Waals surface area contributed by atoms with Crippen LogP contribution in [0.15, 0.2) is 104 Å². The van der Waals surface area contributed by atoms with Crippen molar-refractivity contribution in [1.29, 1.82) is 0 Å². The predicted molar refractivity (Wildman–Crippen MR) is 152 cm³/mol. The fourth-order valence-electron chi connectivity index (χ4n) is 3.98. The Labute approximate surface area is 229 Å². The van der Waals surface area contributed by atoms with Crippen LogP contribution in [0.25, 0.3) is 27.6 Å². The van der Waals surface area contributed by atoms with Gasteiger partial charge in [0.1, 0.15) is 0 Å². The number of nitrogens with zero attached hydrogens (tertiary/aromatic N) is 4. The third-order valence-electron chi connectivity index (χ3n) is 6.08. The van der Waals surface area contributed by atoms with Crippen LogP contribution in [-0.2, 0) is 16.5 Å². The SMILES string of the molecule is CCCCc1ccc(-c2csc(-n3[nH]c(-c4ccccc4)c(N=Nc4ccc(S(=O)(=O)O)cc4)c3=O)n2)cc1. The molecule has 5 aromatic rings. The smallest absolute Gasteiger partial charge is 0.286 e. The molecule has 0 aliphatic carbocycles. The topological polar surface area (TPSA) is 130 Å². The van der Waals surface area contributed by atoms with Gasteiger partial charge >= 0.3 is 5.56 Å². The first-order valence-corrected chi connectivity index (χ1v) is 14.6. The van der Waals surface area contributed by atoms with Crippen molar-refractivity contribution in [3.05, 3.63) is 100 Å². The third kappa shape index (κ3) is 5.95. The van der Waals surface area contributed by atoms with Gasteiger partial charge in [0.05, 0.1) is 22.0 Å². The van der Waals surface area contributed by atoms with Crippen molar-refractivity contribution in [2.45, 2.75) is 31.1 Å². The Morgan fingerprint density at radius 3 is 2.33 bits per heavy atom. The van der Waals surface area contributed by atoms with Gasteiger partial charge in [-0.3, -0.25) is 14.4 Å². The van der Waals surface area contributed by atoms with Crippen molar-refractivity contribution in [3.8, 4) is 27.6 Å². The maximum atomic E-state index is 13.5. The number of hydrogen-bond donors (Lipinski definition) is 2. The molecule has 0 radical (unpaired) electrons. The summed E-state index contributed by atoms with van der Waals surface area (Å²) < 4.78 is 33.1. The number of nitrogens with one attached hydrogen (secondary N) is 1. The summed E-state index contributed by atoms with van der Waals surface area (Å²) in [5.41, 5.74) is 4.19. The summed E-state index contributed by atoms with van der Waals surface area (Å²) in [6.45, 7) is 2.17. The molecule has 0 amide bonds. The second kappa shape index (κ2) is 11.3. The van der Waals surface area contributed by atoms with Crippen LogP contribution in [0.4, 0.5) is 11.4 Å². The lowest BCUT2D eigenvalue weighted by molar-refractivity contribution is 0.483. The number of aryl methyl sites for hydroxylation is 1. The number of thiazole rings is 1. The molecular weight excluding hydrogens is 534 g/mol. The number of unbranched alkanes of at least 4 members (excludes halogenated alkanes) is 1. The highest BCUT2D eigenvalue weighted by Gasteiger charge is 2.19. The summed E-state index contributed by atoms with van der Waals surface area (Å²) in [5.74, 6) is 0. The quantitative estimate of drug-likeness (QED) is 0.149. The molecule has 2 aromatic heterocycles. The second-order valence-corrected chi connectivity index (χ2v) is 11.1. The lowest BCUT2D eigenvalue weighted by Gasteiger charge is -2.01. The van der Waals surface area contributed by atoms with Gasteiger partial charge in [-0.25, -0.2) is 4.98 Å². The lowest BCUT2D eigenvalue weighted by Crippen LogP contribution is -2.13. The Balaban J connectivity index is 1.50. The van der Waals surface area contributed by atoms with E-state index in [0.29, 0.717) is 16.5 Å². The van der Waals surface area contributed by atoms with Crippen LogP contribution in [0.1, 0.15) is 25.3 Å². The van der Waals surface area contributed by atoms with Crippen LogP contribution in [0, 0.1) is 0 Å². The minimum Gasteiger partial charge on any atom is -0.286 e. The number of aromatic nitrogens is 3. The van der Waals surface area contributed by atoms with E-state index in [0.717, 1.165) is 36.1 Å². The molecule has 11 heteroatoms. The number of H-pyrrole nitrogens is 1. The summed E-state index contributed by atoms with van der Waals surface area (Å²) in [7, 11) is -4.32. The van der Waals surface area contributed by atoms with Gasteiger partial charge in [-0.15, -0.1) is 16.5 Å². The van der Waals surface area contributed by atoms with Crippen LogP contribution in [0.3, 0.4) is 0 Å². The normalized spacial score (nSPS) is 11.8. The first-order valence-electron chi connectivity index (χ1n) is 12.3. The average molecular weight is 560 g/mol. The van der Waals surface area contributed by atoms with Crippen LogP contribution < -0.4 is 5.56 Å². The van der Waals surface area contributed by atoms with Crippen molar-refractivity contribution in [2.75, 3.05) is 0 Å². The van der Waals surface area contributed by atoms with Gasteiger partial charge in [0.25, 0.3) is 10.1 Å². The molecule has 5 rings (SSSR count). The van der Waals surface area contributed by atoms with Crippen molar-refractivity contribution in [1.82, 2.24) is 14.8 Å². The Kier molecular flexibility index (Phi) is 7.64. The fourth-order valence-corrected chi connectivity index (χ4v) is 5.25. The van der Waals surface area contributed by atoms with Gasteiger partial charge in [0, 0.05) is 16.5 Å². The molecule has 2 N–H and O–H groups in total. The minimum atomic E-state index is -4.32. The molecule has 39 heavy (non-hydrogen) atoms. The molecule has 0 fully saturated rings. The average Bonchev–Trinajstić information content (AvgIpc) is 3.56. The molecular formula is C28H25N5O4S2. The van der Waals surface area contributed by atoms with E-state index in [2.05, 4.69) is 34.4 Å². The molecule has 198 valence electrons. The Hall–Kier alpha value is -4.19. The van der Waals surface area contributed by atoms with Crippen LogP contribution in [0.5, 0.6) is 0 Å². The van der Waals surface area contributed by atoms with Gasteiger partial charge in [-0.2, -0.15) is 18.2 Å². The molecule has 9 nitrogen and oxygen atoms in total. The third-order valence-corrected chi connectivity index (χ3v) is 7.77. The lowest BCUT2D eigenvalue weighted by atomic mass is 10.1. The van der Waals surface area contributed by atoms with Crippen LogP contribution >= 0.6 is 11.3 Å². The number of benzene rings is 3. The van der Waals surface area contributed by atoms with E-state index in [4.69, 9.17) is 4.98 Å². The summed E-state index contributed by atoms with van der Waals surface area (Å²) in [4.78, 5) is 17.9. The fraction of sp³-hybridized carbons (Fsp3) is 0.143. The van der Waals surface area contributed by atoms with E-state index in [9.17, 15) is 17.8 Å². The monoisotopic (exact) mass is 559 g/mol. The molecule has 0 spiro atoms. The number of azo groups is 1. The zero-order valence-corrected chi connectivity index (χ0v) is 22.6. The highest BCUT2D eigenvalue weighted by Crippen LogP contribution is 2.30. The summed E-state index contributed by atoms with van der Waals surface area (Å²) in [6.07, 6.45) is 3.34. The van der Waals surface area contributed by atoms with Crippen molar-refractivity contribution >= 4 is 32.8 Å². The molecule has 3 aromatic carbocycles. The van der Waals surface area contributed by atoms with E-state index in [1.165, 1.54) is 45.8 Å². The summed E-state index contributed by atoms with van der Waals surface area (Å²) in [5, 5.41) is 13.8. The highest BCUT2D eigenvalue weighted by molar-refractivity contribution is 7.85. The molecule has 0 aliphatic heterocycles. The van der Waals surface area contributed by atoms with Crippen molar-refractivity contribution in [3.63, 3.8) is 0 Å². The molecule has 0 saturated carbocycles. The molecule has 0 bridgehead atoms. The number of rotatable bonds is 9. The maximum absolute atomic E-state index is 13.5. The summed E-state index contributed by atoms with van der Waals surface area (Å²) >= 11 is 1.33. The molecule has 0 aliphatic rings. The van der Waals surface area contributed by atoms with E-state index in [-0.39, 0.29) is 10.6 Å². The van der Waals surface area contributed by atoms with Gasteiger partial charge in [-0.1, -0.05) is 67.9 Å². The van der Waals surface area contributed by atoms with Gasteiger partial charge in [0.15, 0.2) is 5.69 Å². The Morgan fingerprint density at radius 1 is 0.949 bits per heavy atom. The predicted octanol–water partition coefficient (Wildman–Crippen LogP) is 6.96. The van der Waals surface area contributed by atoms with E-state index in [1.807, 2.05) is 47.8 Å². The van der Waals surface area contributed by atoms with Gasteiger partial charge in [-0.05, 0) is 42.7 Å². The number of aromatic amines is 1. The van der Waals surface area contributed by atoms with Crippen LogP contribution in [-0.4, -0.2) is 27.7 Å². The van der Waals surface area contributed by atoms with Gasteiger partial charge < -0.3 is 0 Å². The van der Waals surface area contributed by atoms with Crippen LogP contribution in [0.2, 0.25) is 0 Å². The minimum absolute atomic E-state index is 0.0806. The standard InChI is InChI=1S/C28H25N5O4S2/c1-2-3-7-19-10-12-20(13-11-19)24-18-38-28(29-24)33-27(34)26(25(32-33)21-8-5-4-6-9-21)31-30-22-14-16-23(17-15-22)39(35,36)37/h4-6,8-18,32H,2-3,7H2,1H3,(H,35,36,37). The van der Waals surface area contributed by atoms with E-state index >= 15 is 0 Å². The van der Waals surface area contributed by atoms with Gasteiger partial charge in [0.2, 0.25) is 5.13 Å².